The second-order valence-corrected chi connectivity index (χ2v) is 19.8. The van der Waals surface area contributed by atoms with Gasteiger partial charge in [-0.05, 0) is 92.6 Å². The summed E-state index contributed by atoms with van der Waals surface area (Å²) in [6.45, 7) is 10.1. The lowest BCUT2D eigenvalue weighted by Gasteiger charge is -2.42. The summed E-state index contributed by atoms with van der Waals surface area (Å²) >= 11 is 0. The molecule has 5 rings (SSSR count). The third-order valence-corrected chi connectivity index (χ3v) is 14.8. The van der Waals surface area contributed by atoms with Crippen molar-refractivity contribution >= 4 is 39.6 Å². The molecule has 56 heavy (non-hydrogen) atoms. The Morgan fingerprint density at radius 1 is 0.929 bits per heavy atom. The number of amides is 5. The number of unbranched alkanes of at least 4 members (excludes halogenated alkanes) is 1. The normalized spacial score (nSPS) is 22.6. The summed E-state index contributed by atoms with van der Waals surface area (Å²) in [7, 11) is -1.97. The topological polar surface area (TPSA) is 174 Å². The highest BCUT2D eigenvalue weighted by molar-refractivity contribution is 7.89. The molecule has 4 N–H and O–H groups in total. The van der Waals surface area contributed by atoms with Crippen LogP contribution in [0.25, 0.3) is 0 Å². The Bertz CT molecular complexity index is 1670. The molecule has 0 radical (unpaired) electrons. The lowest BCUT2D eigenvalue weighted by atomic mass is 9.70. The third-order valence-electron chi connectivity index (χ3n) is 13.0. The number of nitrogens with zero attached hydrogens (tertiary/aromatic N) is 2. The molecule has 312 valence electrons. The number of ketones is 1. The van der Waals surface area contributed by atoms with E-state index in [0.29, 0.717) is 38.6 Å². The van der Waals surface area contributed by atoms with Gasteiger partial charge in [-0.3, -0.25) is 19.2 Å². The number of fused-ring (bicyclic) bond motifs is 1. The summed E-state index contributed by atoms with van der Waals surface area (Å²) in [4.78, 5) is 71.4. The largest absolute Gasteiger partial charge is 0.347 e. The number of nitrogens with one attached hydrogen (secondary N) is 4. The monoisotopic (exact) mass is 798 g/mol. The summed E-state index contributed by atoms with van der Waals surface area (Å²) in [6, 6.07) is 4.05. The number of rotatable bonds is 18. The third kappa shape index (κ3) is 10.5. The van der Waals surface area contributed by atoms with Crippen molar-refractivity contribution in [2.45, 2.75) is 148 Å². The van der Waals surface area contributed by atoms with E-state index < -0.39 is 57.8 Å². The molecule has 1 heterocycles. The number of hydrogen-bond acceptors (Lipinski definition) is 7. The van der Waals surface area contributed by atoms with Crippen LogP contribution in [0.2, 0.25) is 0 Å². The van der Waals surface area contributed by atoms with E-state index in [1.165, 1.54) is 4.31 Å². The minimum Gasteiger partial charge on any atom is -0.347 e. The summed E-state index contributed by atoms with van der Waals surface area (Å²) in [5, 5.41) is 11.9. The minimum absolute atomic E-state index is 0.00306. The van der Waals surface area contributed by atoms with E-state index in [-0.39, 0.29) is 47.4 Å². The first-order chi connectivity index (χ1) is 26.6. The SMILES string of the molecule is CCCCC(NC(=O)[C@@H]1[C@@H](C(C)C)CCN1C(=O)[C@@H](NC(=O)N[C@H](CN(C)S(=O)(=O)CC)C1(C)CCCCC1)C1Cc2ccccc2C1)C(=O)C(=O)NC1CC1. The van der Waals surface area contributed by atoms with Gasteiger partial charge in [0.2, 0.25) is 27.6 Å². The highest BCUT2D eigenvalue weighted by atomic mass is 32.2. The summed E-state index contributed by atoms with van der Waals surface area (Å²) in [6.07, 6.45) is 9.79. The minimum atomic E-state index is -3.52. The van der Waals surface area contributed by atoms with Crippen LogP contribution in [0.3, 0.4) is 0 Å². The first-order valence-electron chi connectivity index (χ1n) is 21.1. The van der Waals surface area contributed by atoms with E-state index in [9.17, 15) is 27.6 Å². The molecule has 1 aromatic carbocycles. The molecule has 5 atom stereocenters. The van der Waals surface area contributed by atoms with Gasteiger partial charge in [0.15, 0.2) is 0 Å². The Morgan fingerprint density at radius 3 is 2.14 bits per heavy atom. The number of likely N-dealkylation sites (tertiary alicyclic amines) is 1. The van der Waals surface area contributed by atoms with Crippen molar-refractivity contribution < 1.29 is 32.4 Å². The summed E-state index contributed by atoms with van der Waals surface area (Å²) in [5.41, 5.74) is 1.86. The predicted octanol–water partition coefficient (Wildman–Crippen LogP) is 4.09. The fraction of sp³-hybridized carbons (Fsp3) is 0.738. The Hall–Kier alpha value is -3.52. The zero-order valence-electron chi connectivity index (χ0n) is 34.4. The molecule has 13 nitrogen and oxygen atoms in total. The van der Waals surface area contributed by atoms with Crippen molar-refractivity contribution in [1.29, 1.82) is 0 Å². The highest BCUT2D eigenvalue weighted by Crippen LogP contribution is 2.40. The zero-order valence-corrected chi connectivity index (χ0v) is 35.2. The Morgan fingerprint density at radius 2 is 1.57 bits per heavy atom. The molecule has 14 heteroatoms. The average Bonchev–Trinajstić information content (AvgIpc) is 3.69. The number of likely N-dealkylation sites (N-methyl/N-ethyl adjacent to an activating group) is 1. The molecule has 1 aliphatic heterocycles. The number of carbonyl (C=O) groups excluding carboxylic acids is 5. The Kier molecular flexibility index (Phi) is 14.7. The number of benzene rings is 1. The Balaban J connectivity index is 1.41. The van der Waals surface area contributed by atoms with E-state index in [0.717, 1.165) is 62.5 Å². The molecule has 0 aromatic heterocycles. The highest BCUT2D eigenvalue weighted by Gasteiger charge is 2.48. The van der Waals surface area contributed by atoms with Crippen molar-refractivity contribution in [2.75, 3.05) is 25.9 Å². The van der Waals surface area contributed by atoms with Crippen LogP contribution in [0.4, 0.5) is 4.79 Å². The van der Waals surface area contributed by atoms with Gasteiger partial charge in [0.1, 0.15) is 12.1 Å². The number of hydrogen-bond donors (Lipinski definition) is 4. The van der Waals surface area contributed by atoms with E-state index in [1.54, 1.807) is 18.9 Å². The van der Waals surface area contributed by atoms with Crippen molar-refractivity contribution in [1.82, 2.24) is 30.5 Å². The summed E-state index contributed by atoms with van der Waals surface area (Å²) < 4.78 is 27.1. The predicted molar refractivity (Wildman–Crippen MR) is 216 cm³/mol. The van der Waals surface area contributed by atoms with Crippen LogP contribution in [0.1, 0.15) is 116 Å². The van der Waals surface area contributed by atoms with Gasteiger partial charge in [-0.1, -0.05) is 84.1 Å². The second kappa shape index (κ2) is 18.8. The van der Waals surface area contributed by atoms with Crippen LogP contribution in [0.5, 0.6) is 0 Å². The zero-order chi connectivity index (χ0) is 40.8. The molecular formula is C42H66N6O7S. The lowest BCUT2D eigenvalue weighted by Crippen LogP contribution is -2.62. The first-order valence-corrected chi connectivity index (χ1v) is 22.7. The number of urea groups is 1. The molecule has 3 aliphatic carbocycles. The van der Waals surface area contributed by atoms with Gasteiger partial charge in [0.05, 0.1) is 11.8 Å². The van der Waals surface area contributed by atoms with E-state index in [1.807, 2.05) is 45.0 Å². The number of carbonyl (C=O) groups is 5. The molecule has 5 amide bonds. The van der Waals surface area contributed by atoms with Crippen molar-refractivity contribution in [3.8, 4) is 0 Å². The van der Waals surface area contributed by atoms with Crippen LogP contribution >= 0.6 is 0 Å². The molecule has 4 aliphatic rings. The van der Waals surface area contributed by atoms with Crippen molar-refractivity contribution in [3.05, 3.63) is 35.4 Å². The van der Waals surface area contributed by atoms with Crippen LogP contribution in [0.15, 0.2) is 24.3 Å². The van der Waals surface area contributed by atoms with Crippen molar-refractivity contribution in [3.63, 3.8) is 0 Å². The molecule has 0 spiro atoms. The molecule has 3 fully saturated rings. The van der Waals surface area contributed by atoms with Crippen LogP contribution in [0, 0.1) is 23.2 Å². The van der Waals surface area contributed by atoms with Gasteiger partial charge < -0.3 is 26.2 Å². The van der Waals surface area contributed by atoms with Crippen molar-refractivity contribution in [2.24, 2.45) is 23.2 Å². The fourth-order valence-electron chi connectivity index (χ4n) is 9.14. The van der Waals surface area contributed by atoms with Gasteiger partial charge >= 0.3 is 6.03 Å². The maximum atomic E-state index is 15.0. The standard InChI is InChI=1S/C42H66N6O7S/c1-7-9-17-33(37(49)39(51)43-31-18-19-31)44-38(50)36-32(27(3)4)20-23-48(36)40(52)35(30-24-28-15-11-12-16-29(28)25-30)46-41(53)45-34(26-47(6)56(54,55)8-2)42(5)21-13-10-14-22-42/h11-12,15-16,27,30-36H,7-10,13-14,17-26H2,1-6H3,(H,43,51)(H,44,50)(H2,45,46,53)/t32-,33?,34-,35+,36+/m1/s1. The molecule has 1 saturated heterocycles. The molecule has 2 saturated carbocycles. The quantitative estimate of drug-likeness (QED) is 0.162. The van der Waals surface area contributed by atoms with Gasteiger partial charge in [0, 0.05) is 32.2 Å². The molecule has 1 aromatic rings. The smallest absolute Gasteiger partial charge is 0.315 e. The van der Waals surface area contributed by atoms with Gasteiger partial charge in [-0.25, -0.2) is 17.5 Å². The average molecular weight is 799 g/mol. The van der Waals surface area contributed by atoms with Crippen LogP contribution in [-0.2, 0) is 42.0 Å². The van der Waals surface area contributed by atoms with Crippen LogP contribution in [-0.4, -0.2) is 103 Å². The van der Waals surface area contributed by atoms with E-state index >= 15 is 4.79 Å². The van der Waals surface area contributed by atoms with E-state index in [2.05, 4.69) is 28.2 Å². The lowest BCUT2D eigenvalue weighted by molar-refractivity contribution is -0.144. The first kappa shape index (κ1) is 43.6. The Labute approximate surface area is 334 Å². The number of Topliss-reactive ketones (excluding diaryl/α,β-unsaturated/α-hetero) is 1. The number of sulfonamides is 1. The van der Waals surface area contributed by atoms with Crippen LogP contribution < -0.4 is 21.3 Å². The van der Waals surface area contributed by atoms with Gasteiger partial charge in [0.25, 0.3) is 5.91 Å². The maximum Gasteiger partial charge on any atom is 0.315 e. The van der Waals surface area contributed by atoms with Gasteiger partial charge in [-0.2, -0.15) is 0 Å². The maximum absolute atomic E-state index is 15.0. The molecular weight excluding hydrogens is 733 g/mol. The second-order valence-electron chi connectivity index (χ2n) is 17.5. The van der Waals surface area contributed by atoms with Gasteiger partial charge in [-0.15, -0.1) is 0 Å². The fourth-order valence-corrected chi connectivity index (χ4v) is 9.96. The summed E-state index contributed by atoms with van der Waals surface area (Å²) in [5.74, 6) is -2.71. The molecule has 0 bridgehead atoms. The molecule has 1 unspecified atom stereocenters. The van der Waals surface area contributed by atoms with E-state index in [4.69, 9.17) is 0 Å².